The highest BCUT2D eigenvalue weighted by atomic mass is 16.5. The van der Waals surface area contributed by atoms with E-state index in [1.165, 1.54) is 32.1 Å². The minimum atomic E-state index is 0.0865. The quantitative estimate of drug-likeness (QED) is 0.780. The highest BCUT2D eigenvalue weighted by Gasteiger charge is 2.36. The van der Waals surface area contributed by atoms with E-state index in [4.69, 9.17) is 4.74 Å². The summed E-state index contributed by atoms with van der Waals surface area (Å²) in [5.41, 5.74) is 0.369. The van der Waals surface area contributed by atoms with E-state index in [-0.39, 0.29) is 12.1 Å². The van der Waals surface area contributed by atoms with Crippen molar-refractivity contribution in [1.29, 1.82) is 0 Å². The SMILES string of the molecule is CCCC1(CNC(=O)N2CCC(Nc3nccc(OC)n3)CC2)CCC1. The highest BCUT2D eigenvalue weighted by molar-refractivity contribution is 5.74. The second kappa shape index (κ2) is 8.56. The number of carbonyl (C=O) groups excluding carboxylic acids is 1. The lowest BCUT2D eigenvalue weighted by molar-refractivity contribution is 0.111. The molecule has 7 heteroatoms. The first-order valence-electron chi connectivity index (χ1n) is 9.80. The van der Waals surface area contributed by atoms with Gasteiger partial charge in [0.05, 0.1) is 7.11 Å². The number of nitrogens with one attached hydrogen (secondary N) is 2. The topological polar surface area (TPSA) is 79.4 Å². The number of likely N-dealkylation sites (tertiary alicyclic amines) is 1. The summed E-state index contributed by atoms with van der Waals surface area (Å²) >= 11 is 0. The Kier molecular flexibility index (Phi) is 6.16. The van der Waals surface area contributed by atoms with Crippen molar-refractivity contribution in [2.45, 2.75) is 57.9 Å². The zero-order valence-corrected chi connectivity index (χ0v) is 16.0. The average Bonchev–Trinajstić information content (AvgIpc) is 2.64. The number of hydrogen-bond donors (Lipinski definition) is 2. The van der Waals surface area contributed by atoms with Gasteiger partial charge < -0.3 is 20.3 Å². The fourth-order valence-electron chi connectivity index (χ4n) is 4.03. The molecule has 1 aromatic heterocycles. The maximum absolute atomic E-state index is 12.5. The number of anilines is 1. The van der Waals surface area contributed by atoms with Gasteiger partial charge in [0.15, 0.2) is 0 Å². The molecule has 7 nitrogen and oxygen atoms in total. The first-order valence-corrected chi connectivity index (χ1v) is 9.80. The smallest absolute Gasteiger partial charge is 0.317 e. The second-order valence-corrected chi connectivity index (χ2v) is 7.59. The van der Waals surface area contributed by atoms with E-state index < -0.39 is 0 Å². The number of nitrogens with zero attached hydrogens (tertiary/aromatic N) is 3. The van der Waals surface area contributed by atoms with Crippen LogP contribution >= 0.6 is 0 Å². The fourth-order valence-corrected chi connectivity index (χ4v) is 4.03. The molecule has 26 heavy (non-hydrogen) atoms. The zero-order valence-electron chi connectivity index (χ0n) is 16.0. The summed E-state index contributed by atoms with van der Waals surface area (Å²) in [6, 6.07) is 2.10. The molecule has 1 aromatic rings. The third-order valence-corrected chi connectivity index (χ3v) is 5.76. The first kappa shape index (κ1) is 18.7. The lowest BCUT2D eigenvalue weighted by atomic mass is 9.66. The molecule has 0 atom stereocenters. The highest BCUT2D eigenvalue weighted by Crippen LogP contribution is 2.44. The van der Waals surface area contributed by atoms with Crippen LogP contribution in [0.1, 0.15) is 51.9 Å². The summed E-state index contributed by atoms with van der Waals surface area (Å²) < 4.78 is 5.13. The van der Waals surface area contributed by atoms with Gasteiger partial charge in [-0.15, -0.1) is 0 Å². The minimum Gasteiger partial charge on any atom is -0.481 e. The van der Waals surface area contributed by atoms with Crippen LogP contribution in [0, 0.1) is 5.41 Å². The molecular weight excluding hydrogens is 330 g/mol. The lowest BCUT2D eigenvalue weighted by Gasteiger charge is -2.42. The van der Waals surface area contributed by atoms with Crippen molar-refractivity contribution in [3.63, 3.8) is 0 Å². The van der Waals surface area contributed by atoms with Crippen LogP contribution in [0.25, 0.3) is 0 Å². The van der Waals surface area contributed by atoms with Gasteiger partial charge in [0.25, 0.3) is 0 Å². The number of urea groups is 1. The van der Waals surface area contributed by atoms with E-state index in [9.17, 15) is 4.79 Å². The molecule has 1 aliphatic heterocycles. The molecule has 1 saturated carbocycles. The lowest BCUT2D eigenvalue weighted by Crippen LogP contribution is -2.50. The van der Waals surface area contributed by atoms with Gasteiger partial charge in [-0.2, -0.15) is 4.98 Å². The van der Waals surface area contributed by atoms with Crippen LogP contribution < -0.4 is 15.4 Å². The predicted molar refractivity (Wildman–Crippen MR) is 101 cm³/mol. The average molecular weight is 361 g/mol. The van der Waals surface area contributed by atoms with Crippen molar-refractivity contribution in [3.8, 4) is 5.88 Å². The number of carbonyl (C=O) groups is 1. The first-order chi connectivity index (χ1) is 12.6. The molecule has 2 N–H and O–H groups in total. The van der Waals surface area contributed by atoms with E-state index >= 15 is 0 Å². The van der Waals surface area contributed by atoms with Crippen molar-refractivity contribution in [1.82, 2.24) is 20.2 Å². The molecule has 0 aromatic carbocycles. The monoisotopic (exact) mass is 361 g/mol. The summed E-state index contributed by atoms with van der Waals surface area (Å²) in [5.74, 6) is 1.13. The van der Waals surface area contributed by atoms with Crippen LogP contribution in [0.4, 0.5) is 10.7 Å². The van der Waals surface area contributed by atoms with Crippen molar-refractivity contribution in [3.05, 3.63) is 12.3 Å². The van der Waals surface area contributed by atoms with Crippen molar-refractivity contribution in [2.24, 2.45) is 5.41 Å². The van der Waals surface area contributed by atoms with Crippen LogP contribution in [0.3, 0.4) is 0 Å². The summed E-state index contributed by atoms with van der Waals surface area (Å²) in [7, 11) is 1.59. The fraction of sp³-hybridized carbons (Fsp3) is 0.737. The minimum absolute atomic E-state index is 0.0865. The number of rotatable bonds is 7. The molecule has 0 bridgehead atoms. The van der Waals surface area contributed by atoms with Gasteiger partial charge in [-0.3, -0.25) is 0 Å². The Morgan fingerprint density at radius 3 is 2.77 bits per heavy atom. The number of methoxy groups -OCH3 is 1. The molecular formula is C19H31N5O2. The Hall–Kier alpha value is -2.05. The Balaban J connectivity index is 1.42. The number of amides is 2. The number of piperidine rings is 1. The third-order valence-electron chi connectivity index (χ3n) is 5.76. The van der Waals surface area contributed by atoms with Crippen LogP contribution in [0.15, 0.2) is 12.3 Å². The number of ether oxygens (including phenoxy) is 1. The van der Waals surface area contributed by atoms with Gasteiger partial charge in [0.1, 0.15) is 0 Å². The van der Waals surface area contributed by atoms with Gasteiger partial charge in [-0.25, -0.2) is 9.78 Å². The van der Waals surface area contributed by atoms with Gasteiger partial charge in [0, 0.05) is 37.9 Å². The van der Waals surface area contributed by atoms with Gasteiger partial charge in [-0.1, -0.05) is 19.8 Å². The Morgan fingerprint density at radius 2 is 2.15 bits per heavy atom. The van der Waals surface area contributed by atoms with Crippen LogP contribution in [-0.4, -0.2) is 53.7 Å². The molecule has 144 valence electrons. The zero-order chi connectivity index (χ0) is 18.4. The molecule has 2 heterocycles. The van der Waals surface area contributed by atoms with Gasteiger partial charge >= 0.3 is 6.03 Å². The van der Waals surface area contributed by atoms with E-state index in [0.717, 1.165) is 32.5 Å². The predicted octanol–water partition coefficient (Wildman–Crippen LogP) is 3.04. The van der Waals surface area contributed by atoms with E-state index in [1.54, 1.807) is 19.4 Å². The molecule has 3 rings (SSSR count). The summed E-state index contributed by atoms with van der Waals surface area (Å²) in [5, 5.41) is 6.53. The largest absolute Gasteiger partial charge is 0.481 e. The van der Waals surface area contributed by atoms with E-state index in [1.807, 2.05) is 4.90 Å². The molecule has 1 aliphatic carbocycles. The summed E-state index contributed by atoms with van der Waals surface area (Å²) in [6.07, 6.45) is 9.71. The Bertz CT molecular complexity index is 597. The Morgan fingerprint density at radius 1 is 1.38 bits per heavy atom. The normalized spacial score (nSPS) is 19.5. The van der Waals surface area contributed by atoms with Crippen molar-refractivity contribution >= 4 is 12.0 Å². The number of aromatic nitrogens is 2. The molecule has 2 aliphatic rings. The maximum Gasteiger partial charge on any atom is 0.317 e. The van der Waals surface area contributed by atoms with Crippen LogP contribution in [0.5, 0.6) is 5.88 Å². The molecule has 1 saturated heterocycles. The van der Waals surface area contributed by atoms with Gasteiger partial charge in [0.2, 0.25) is 11.8 Å². The summed E-state index contributed by atoms with van der Waals surface area (Å²) in [6.45, 7) is 4.57. The molecule has 2 amide bonds. The van der Waals surface area contributed by atoms with E-state index in [2.05, 4.69) is 27.5 Å². The molecule has 0 spiro atoms. The molecule has 2 fully saturated rings. The molecule has 0 unspecified atom stereocenters. The van der Waals surface area contributed by atoms with Crippen molar-refractivity contribution < 1.29 is 9.53 Å². The van der Waals surface area contributed by atoms with Crippen LogP contribution in [0.2, 0.25) is 0 Å². The third kappa shape index (κ3) is 4.56. The van der Waals surface area contributed by atoms with Crippen molar-refractivity contribution in [2.75, 3.05) is 32.1 Å². The summed E-state index contributed by atoms with van der Waals surface area (Å²) in [4.78, 5) is 22.9. The van der Waals surface area contributed by atoms with Gasteiger partial charge in [-0.05, 0) is 37.5 Å². The standard InChI is InChI=1S/C19H31N5O2/c1-3-8-19(9-4-10-19)14-21-18(25)24-12-6-15(7-13-24)22-17-20-11-5-16(23-17)26-2/h5,11,15H,3-4,6-10,12-14H2,1-2H3,(H,21,25)(H,20,22,23). The Labute approximate surface area is 155 Å². The second-order valence-electron chi connectivity index (χ2n) is 7.59. The van der Waals surface area contributed by atoms with Crippen LogP contribution in [-0.2, 0) is 0 Å². The molecule has 0 radical (unpaired) electrons. The number of hydrogen-bond acceptors (Lipinski definition) is 5. The van der Waals surface area contributed by atoms with E-state index in [0.29, 0.717) is 17.2 Å². The maximum atomic E-state index is 12.5.